The van der Waals surface area contributed by atoms with Gasteiger partial charge in [-0.2, -0.15) is 0 Å². The number of amides is 3. The van der Waals surface area contributed by atoms with Gasteiger partial charge >= 0.3 is 6.03 Å². The van der Waals surface area contributed by atoms with E-state index >= 15 is 0 Å². The van der Waals surface area contributed by atoms with Gasteiger partial charge in [-0.05, 0) is 36.0 Å². The molecular weight excluding hydrogens is 240 g/mol. The number of primary amides is 1. The maximum absolute atomic E-state index is 11.8. The number of carbonyl (C=O) groups excluding carboxylic acids is 2. The Balaban J connectivity index is 1.91. The molecule has 0 radical (unpaired) electrons. The Labute approximate surface area is 112 Å². The highest BCUT2D eigenvalue weighted by molar-refractivity contribution is 6.18. The molecule has 0 aromatic heterocycles. The van der Waals surface area contributed by atoms with Gasteiger partial charge in [0, 0.05) is 0 Å². The first-order valence-electron chi connectivity index (χ1n) is 6.92. The van der Waals surface area contributed by atoms with E-state index in [-0.39, 0.29) is 5.91 Å². The Bertz CT molecular complexity index is 533. The normalized spacial score (nSPS) is 19.6. The van der Waals surface area contributed by atoms with Crippen LogP contribution in [0.2, 0.25) is 0 Å². The van der Waals surface area contributed by atoms with Crippen molar-refractivity contribution in [2.24, 2.45) is 5.73 Å². The third kappa shape index (κ3) is 2.11. The van der Waals surface area contributed by atoms with Gasteiger partial charge in [-0.1, -0.05) is 31.4 Å². The zero-order chi connectivity index (χ0) is 13.4. The average molecular weight is 258 g/mol. The molecule has 0 unspecified atom stereocenters. The van der Waals surface area contributed by atoms with Crippen LogP contribution in [0.5, 0.6) is 0 Å². The molecule has 3 rings (SSSR count). The van der Waals surface area contributed by atoms with Crippen molar-refractivity contribution in [2.75, 3.05) is 4.90 Å². The lowest BCUT2D eigenvalue weighted by molar-refractivity contribution is -0.116. The quantitative estimate of drug-likeness (QED) is 0.841. The highest BCUT2D eigenvalue weighted by Crippen LogP contribution is 2.36. The molecule has 1 aromatic carbocycles. The lowest BCUT2D eigenvalue weighted by Gasteiger charge is -2.22. The van der Waals surface area contributed by atoms with E-state index < -0.39 is 6.03 Å². The summed E-state index contributed by atoms with van der Waals surface area (Å²) in [6.07, 6.45) is 6.65. The van der Waals surface area contributed by atoms with Gasteiger partial charge in [0.05, 0.1) is 12.1 Å². The van der Waals surface area contributed by atoms with E-state index in [0.717, 1.165) is 10.5 Å². The minimum absolute atomic E-state index is 0.219. The number of hydrogen-bond donors (Lipinski definition) is 1. The first kappa shape index (κ1) is 12.2. The minimum Gasteiger partial charge on any atom is -0.351 e. The number of urea groups is 1. The summed E-state index contributed by atoms with van der Waals surface area (Å²) >= 11 is 0. The van der Waals surface area contributed by atoms with E-state index in [1.807, 2.05) is 12.1 Å². The van der Waals surface area contributed by atoms with Crippen LogP contribution in [0.4, 0.5) is 10.5 Å². The number of fused-ring (bicyclic) bond motifs is 1. The fourth-order valence-corrected chi connectivity index (χ4v) is 3.27. The third-order valence-electron chi connectivity index (χ3n) is 4.23. The van der Waals surface area contributed by atoms with Crippen LogP contribution in [0.15, 0.2) is 18.2 Å². The lowest BCUT2D eigenvalue weighted by atomic mass is 9.83. The molecule has 0 saturated heterocycles. The van der Waals surface area contributed by atoms with Crippen molar-refractivity contribution in [2.45, 2.75) is 44.4 Å². The first-order valence-corrected chi connectivity index (χ1v) is 6.92. The van der Waals surface area contributed by atoms with Gasteiger partial charge in [0.15, 0.2) is 0 Å². The Morgan fingerprint density at radius 3 is 2.63 bits per heavy atom. The summed E-state index contributed by atoms with van der Waals surface area (Å²) in [4.78, 5) is 24.2. The van der Waals surface area contributed by atoms with Crippen molar-refractivity contribution in [1.29, 1.82) is 0 Å². The second-order valence-electron chi connectivity index (χ2n) is 5.47. The van der Waals surface area contributed by atoms with Gasteiger partial charge in [-0.3, -0.25) is 4.79 Å². The number of anilines is 1. The molecule has 2 N–H and O–H groups in total. The Morgan fingerprint density at radius 2 is 1.95 bits per heavy atom. The fraction of sp³-hybridized carbons (Fsp3) is 0.467. The molecular formula is C15H18N2O2. The molecule has 0 spiro atoms. The number of nitrogens with zero attached hydrogens (tertiary/aromatic N) is 1. The van der Waals surface area contributed by atoms with E-state index in [1.54, 1.807) is 0 Å². The summed E-state index contributed by atoms with van der Waals surface area (Å²) in [5.74, 6) is 0.389. The van der Waals surface area contributed by atoms with Crippen LogP contribution in [0.3, 0.4) is 0 Å². The monoisotopic (exact) mass is 258 g/mol. The first-order chi connectivity index (χ1) is 9.16. The predicted molar refractivity (Wildman–Crippen MR) is 73.0 cm³/mol. The Hall–Kier alpha value is -1.84. The van der Waals surface area contributed by atoms with Crippen molar-refractivity contribution in [3.63, 3.8) is 0 Å². The van der Waals surface area contributed by atoms with E-state index in [1.165, 1.54) is 37.7 Å². The number of rotatable bonds is 1. The lowest BCUT2D eigenvalue weighted by Crippen LogP contribution is -2.38. The van der Waals surface area contributed by atoms with Crippen LogP contribution in [0.25, 0.3) is 0 Å². The molecule has 1 aliphatic heterocycles. The summed E-state index contributed by atoms with van der Waals surface area (Å²) in [6.45, 7) is 0. The highest BCUT2D eigenvalue weighted by Gasteiger charge is 2.31. The van der Waals surface area contributed by atoms with Gasteiger partial charge in [0.2, 0.25) is 5.91 Å². The van der Waals surface area contributed by atoms with Crippen LogP contribution in [0.1, 0.15) is 49.1 Å². The molecule has 4 nitrogen and oxygen atoms in total. The van der Waals surface area contributed by atoms with E-state index in [9.17, 15) is 9.59 Å². The van der Waals surface area contributed by atoms with Crippen molar-refractivity contribution >= 4 is 17.6 Å². The molecule has 0 atom stereocenters. The van der Waals surface area contributed by atoms with Crippen LogP contribution in [0, 0.1) is 0 Å². The second kappa shape index (κ2) is 4.68. The van der Waals surface area contributed by atoms with Crippen molar-refractivity contribution in [3.8, 4) is 0 Å². The molecule has 1 aliphatic carbocycles. The molecule has 1 aromatic rings. The third-order valence-corrected chi connectivity index (χ3v) is 4.23. The largest absolute Gasteiger partial charge is 0.351 e. The van der Waals surface area contributed by atoms with Gasteiger partial charge in [-0.15, -0.1) is 0 Å². The summed E-state index contributed by atoms with van der Waals surface area (Å²) in [5.41, 5.74) is 8.15. The molecule has 2 aliphatic rings. The summed E-state index contributed by atoms with van der Waals surface area (Å²) < 4.78 is 0. The standard InChI is InChI=1S/C15H18N2O2/c16-15(19)17-13-7-6-11(8-12(13)9-14(17)18)10-4-2-1-3-5-10/h6-8,10H,1-5,9H2,(H2,16,19). The van der Waals surface area contributed by atoms with E-state index in [2.05, 4.69) is 6.07 Å². The van der Waals surface area contributed by atoms with Crippen LogP contribution >= 0.6 is 0 Å². The molecule has 1 fully saturated rings. The highest BCUT2D eigenvalue weighted by atomic mass is 16.2. The minimum atomic E-state index is -0.686. The molecule has 19 heavy (non-hydrogen) atoms. The predicted octanol–water partition coefficient (Wildman–Crippen LogP) is 2.70. The SMILES string of the molecule is NC(=O)N1C(=O)Cc2cc(C3CCCCC3)ccc21. The van der Waals surface area contributed by atoms with Gasteiger partial charge < -0.3 is 5.73 Å². The topological polar surface area (TPSA) is 63.4 Å². The maximum atomic E-state index is 11.8. The zero-order valence-corrected chi connectivity index (χ0v) is 10.9. The number of hydrogen-bond acceptors (Lipinski definition) is 2. The van der Waals surface area contributed by atoms with E-state index in [0.29, 0.717) is 18.0 Å². The molecule has 1 heterocycles. The smallest absolute Gasteiger partial charge is 0.326 e. The van der Waals surface area contributed by atoms with Crippen LogP contribution in [-0.2, 0) is 11.2 Å². The Morgan fingerprint density at radius 1 is 1.21 bits per heavy atom. The van der Waals surface area contributed by atoms with E-state index in [4.69, 9.17) is 5.73 Å². The van der Waals surface area contributed by atoms with Crippen molar-refractivity contribution in [3.05, 3.63) is 29.3 Å². The number of carbonyl (C=O) groups is 2. The van der Waals surface area contributed by atoms with Gasteiger partial charge in [0.25, 0.3) is 0 Å². The zero-order valence-electron chi connectivity index (χ0n) is 10.9. The molecule has 1 saturated carbocycles. The average Bonchev–Trinajstić information content (AvgIpc) is 2.74. The van der Waals surface area contributed by atoms with Crippen molar-refractivity contribution in [1.82, 2.24) is 0 Å². The number of imide groups is 1. The van der Waals surface area contributed by atoms with Gasteiger partial charge in [-0.25, -0.2) is 9.69 Å². The fourth-order valence-electron chi connectivity index (χ4n) is 3.27. The van der Waals surface area contributed by atoms with Crippen molar-refractivity contribution < 1.29 is 9.59 Å². The number of benzene rings is 1. The summed E-state index contributed by atoms with van der Waals surface area (Å²) in [5, 5.41) is 0. The van der Waals surface area contributed by atoms with Crippen LogP contribution < -0.4 is 10.6 Å². The van der Waals surface area contributed by atoms with Crippen LogP contribution in [-0.4, -0.2) is 11.9 Å². The molecule has 0 bridgehead atoms. The summed E-state index contributed by atoms with van der Waals surface area (Å²) in [7, 11) is 0. The number of nitrogens with two attached hydrogens (primary N) is 1. The second-order valence-corrected chi connectivity index (χ2v) is 5.47. The maximum Gasteiger partial charge on any atom is 0.326 e. The molecule has 3 amide bonds. The molecule has 100 valence electrons. The molecule has 4 heteroatoms. The van der Waals surface area contributed by atoms with Gasteiger partial charge in [0.1, 0.15) is 0 Å². The Kier molecular flexibility index (Phi) is 3.01. The summed E-state index contributed by atoms with van der Waals surface area (Å²) in [6, 6.07) is 5.32.